The first-order valence-corrected chi connectivity index (χ1v) is 8.37. The molecule has 1 amide bonds. The number of hydrogen-bond acceptors (Lipinski definition) is 2. The summed E-state index contributed by atoms with van der Waals surface area (Å²) in [6, 6.07) is 7.80. The van der Waals surface area contributed by atoms with Crippen LogP contribution in [0.3, 0.4) is 0 Å². The van der Waals surface area contributed by atoms with Crippen molar-refractivity contribution in [3.05, 3.63) is 70.8 Å². The number of nitrogens with zero attached hydrogens (tertiary/aromatic N) is 2. The van der Waals surface area contributed by atoms with E-state index in [1.165, 1.54) is 23.8 Å². The van der Waals surface area contributed by atoms with Crippen LogP contribution in [0.4, 0.5) is 4.39 Å². The molecule has 0 spiro atoms. The lowest BCUT2D eigenvalue weighted by molar-refractivity contribution is 0.0773. The van der Waals surface area contributed by atoms with Crippen molar-refractivity contribution in [1.82, 2.24) is 14.9 Å². The van der Waals surface area contributed by atoms with Crippen LogP contribution in [0, 0.1) is 5.82 Å². The molecule has 126 valence electrons. The van der Waals surface area contributed by atoms with E-state index in [0.29, 0.717) is 18.7 Å². The number of hydrogen-bond donors (Lipinski definition) is 1. The van der Waals surface area contributed by atoms with Gasteiger partial charge in [-0.3, -0.25) is 4.79 Å². The number of nitrogens with one attached hydrogen (secondary N) is 1. The van der Waals surface area contributed by atoms with E-state index in [4.69, 9.17) is 11.6 Å². The smallest absolute Gasteiger partial charge is 0.255 e. The number of benzene rings is 1. The maximum atomic E-state index is 13.2. The van der Waals surface area contributed by atoms with Gasteiger partial charge in [-0.1, -0.05) is 17.7 Å². The standard InChI is InChI=1S/C19H15ClFN3O/c20-17-10-13(21)3-4-15(17)19(25)24-8-5-12(6-9-24)16-11-23-18-14(16)2-1-7-22-18/h1-5,7,10-11H,6,8-9H2,(H,22,23). The molecule has 0 saturated heterocycles. The third-order valence-electron chi connectivity index (χ3n) is 4.45. The highest BCUT2D eigenvalue weighted by Crippen LogP contribution is 2.29. The lowest BCUT2D eigenvalue weighted by Gasteiger charge is -2.27. The maximum Gasteiger partial charge on any atom is 0.255 e. The third kappa shape index (κ3) is 2.91. The zero-order valence-electron chi connectivity index (χ0n) is 13.3. The summed E-state index contributed by atoms with van der Waals surface area (Å²) in [7, 11) is 0. The number of carbonyl (C=O) groups excluding carboxylic acids is 1. The molecule has 4 nitrogen and oxygen atoms in total. The Labute approximate surface area is 148 Å². The fourth-order valence-corrected chi connectivity index (χ4v) is 3.40. The van der Waals surface area contributed by atoms with E-state index in [1.54, 1.807) is 11.1 Å². The number of carbonyl (C=O) groups is 1. The van der Waals surface area contributed by atoms with E-state index in [1.807, 2.05) is 18.3 Å². The van der Waals surface area contributed by atoms with Gasteiger partial charge >= 0.3 is 0 Å². The Hall–Kier alpha value is -2.66. The van der Waals surface area contributed by atoms with Gasteiger partial charge in [0.15, 0.2) is 0 Å². The van der Waals surface area contributed by atoms with Crippen LogP contribution in [0.2, 0.25) is 5.02 Å². The monoisotopic (exact) mass is 355 g/mol. The van der Waals surface area contributed by atoms with E-state index in [0.717, 1.165) is 23.0 Å². The lowest BCUT2D eigenvalue weighted by atomic mass is 9.99. The first-order valence-electron chi connectivity index (χ1n) is 7.99. The molecule has 1 aliphatic heterocycles. The number of halogens is 2. The molecule has 0 fully saturated rings. The van der Waals surface area contributed by atoms with Gasteiger partial charge < -0.3 is 9.88 Å². The predicted octanol–water partition coefficient (Wildman–Crippen LogP) is 4.28. The molecule has 3 heterocycles. The van der Waals surface area contributed by atoms with Gasteiger partial charge in [0, 0.05) is 36.4 Å². The fraction of sp³-hybridized carbons (Fsp3) is 0.158. The van der Waals surface area contributed by atoms with E-state index >= 15 is 0 Å². The lowest BCUT2D eigenvalue weighted by Crippen LogP contribution is -2.34. The Morgan fingerprint density at radius 3 is 2.96 bits per heavy atom. The van der Waals surface area contributed by atoms with Gasteiger partial charge in [-0.25, -0.2) is 9.37 Å². The molecule has 2 aromatic heterocycles. The normalized spacial score (nSPS) is 14.6. The molecule has 0 atom stereocenters. The van der Waals surface area contributed by atoms with Crippen LogP contribution in [0.1, 0.15) is 22.3 Å². The molecule has 25 heavy (non-hydrogen) atoms. The summed E-state index contributed by atoms with van der Waals surface area (Å²) in [5.74, 6) is -0.629. The summed E-state index contributed by atoms with van der Waals surface area (Å²) in [5, 5.41) is 1.22. The third-order valence-corrected chi connectivity index (χ3v) is 4.77. The second-order valence-corrected chi connectivity index (χ2v) is 6.36. The highest BCUT2D eigenvalue weighted by molar-refractivity contribution is 6.33. The van der Waals surface area contributed by atoms with E-state index in [2.05, 4.69) is 16.0 Å². The molecule has 1 N–H and O–H groups in total. The summed E-state index contributed by atoms with van der Waals surface area (Å²) < 4.78 is 13.2. The molecule has 4 rings (SSSR count). The number of fused-ring (bicyclic) bond motifs is 1. The number of rotatable bonds is 2. The van der Waals surface area contributed by atoms with Crippen molar-refractivity contribution >= 4 is 34.1 Å². The number of amides is 1. The summed E-state index contributed by atoms with van der Waals surface area (Å²) in [4.78, 5) is 21.8. The van der Waals surface area contributed by atoms with Crippen LogP contribution in [0.25, 0.3) is 16.6 Å². The second-order valence-electron chi connectivity index (χ2n) is 5.96. The minimum absolute atomic E-state index is 0.141. The van der Waals surface area contributed by atoms with Crippen molar-refractivity contribution < 1.29 is 9.18 Å². The first-order chi connectivity index (χ1) is 12.1. The van der Waals surface area contributed by atoms with Crippen LogP contribution in [-0.4, -0.2) is 33.9 Å². The van der Waals surface area contributed by atoms with E-state index in [-0.39, 0.29) is 10.9 Å². The number of H-pyrrole nitrogens is 1. The van der Waals surface area contributed by atoms with Crippen molar-refractivity contribution in [2.45, 2.75) is 6.42 Å². The molecule has 1 aliphatic rings. The molecule has 0 radical (unpaired) electrons. The van der Waals surface area contributed by atoms with Gasteiger partial charge in [-0.05, 0) is 42.3 Å². The fourth-order valence-electron chi connectivity index (χ4n) is 3.15. The summed E-state index contributed by atoms with van der Waals surface area (Å²) in [6.45, 7) is 1.08. The maximum absolute atomic E-state index is 13.2. The van der Waals surface area contributed by atoms with Gasteiger partial charge in [0.05, 0.1) is 10.6 Å². The average molecular weight is 356 g/mol. The molecular weight excluding hydrogens is 341 g/mol. The highest BCUT2D eigenvalue weighted by atomic mass is 35.5. The Balaban J connectivity index is 1.56. The summed E-state index contributed by atoms with van der Waals surface area (Å²) >= 11 is 6.00. The van der Waals surface area contributed by atoms with Crippen molar-refractivity contribution in [2.75, 3.05) is 13.1 Å². The molecular formula is C19H15ClFN3O. The van der Waals surface area contributed by atoms with Gasteiger partial charge in [-0.15, -0.1) is 0 Å². The molecule has 0 unspecified atom stereocenters. The molecule has 3 aromatic rings. The Morgan fingerprint density at radius 2 is 2.20 bits per heavy atom. The Kier molecular flexibility index (Phi) is 4.01. The summed E-state index contributed by atoms with van der Waals surface area (Å²) in [6.07, 6.45) is 6.50. The first kappa shape index (κ1) is 15.8. The van der Waals surface area contributed by atoms with Gasteiger partial charge in [-0.2, -0.15) is 0 Å². The largest absolute Gasteiger partial charge is 0.346 e. The quantitative estimate of drug-likeness (QED) is 0.745. The van der Waals surface area contributed by atoms with Crippen molar-refractivity contribution in [3.63, 3.8) is 0 Å². The molecule has 0 bridgehead atoms. The van der Waals surface area contributed by atoms with Gasteiger partial charge in [0.25, 0.3) is 5.91 Å². The number of aromatic amines is 1. The predicted molar refractivity (Wildman–Crippen MR) is 96.0 cm³/mol. The zero-order chi connectivity index (χ0) is 17.4. The topological polar surface area (TPSA) is 49.0 Å². The Bertz CT molecular complexity index is 995. The van der Waals surface area contributed by atoms with E-state index in [9.17, 15) is 9.18 Å². The minimum Gasteiger partial charge on any atom is -0.346 e. The van der Waals surface area contributed by atoms with Crippen LogP contribution in [-0.2, 0) is 0 Å². The van der Waals surface area contributed by atoms with Crippen molar-refractivity contribution in [3.8, 4) is 0 Å². The molecule has 0 saturated carbocycles. The van der Waals surface area contributed by atoms with Gasteiger partial charge in [0.2, 0.25) is 0 Å². The van der Waals surface area contributed by atoms with Crippen molar-refractivity contribution in [2.24, 2.45) is 0 Å². The van der Waals surface area contributed by atoms with E-state index < -0.39 is 5.82 Å². The van der Waals surface area contributed by atoms with Crippen molar-refractivity contribution in [1.29, 1.82) is 0 Å². The molecule has 0 aliphatic carbocycles. The summed E-state index contributed by atoms with van der Waals surface area (Å²) in [5.41, 5.74) is 3.50. The van der Waals surface area contributed by atoms with Crippen LogP contribution in [0.5, 0.6) is 0 Å². The molecule has 6 heteroatoms. The minimum atomic E-state index is -0.449. The highest BCUT2D eigenvalue weighted by Gasteiger charge is 2.22. The van der Waals surface area contributed by atoms with Crippen LogP contribution >= 0.6 is 11.6 Å². The number of pyridine rings is 1. The number of aromatic nitrogens is 2. The SMILES string of the molecule is O=C(c1ccc(F)cc1Cl)N1CC=C(c2c[nH]c3ncccc23)CC1. The zero-order valence-corrected chi connectivity index (χ0v) is 14.1. The molecule has 1 aromatic carbocycles. The van der Waals surface area contributed by atoms with Gasteiger partial charge in [0.1, 0.15) is 11.5 Å². The van der Waals surface area contributed by atoms with Crippen LogP contribution in [0.15, 0.2) is 48.8 Å². The average Bonchev–Trinajstić information content (AvgIpc) is 3.05. The Morgan fingerprint density at radius 1 is 1.32 bits per heavy atom. The van der Waals surface area contributed by atoms with Crippen LogP contribution < -0.4 is 0 Å². The second kappa shape index (κ2) is 6.33.